The number of carbonyl (C=O) groups excluding carboxylic acids is 2. The van der Waals surface area contributed by atoms with Gasteiger partial charge in [0.25, 0.3) is 0 Å². The Kier molecular flexibility index (Phi) is 5.63. The highest BCUT2D eigenvalue weighted by atomic mass is 16.6. The summed E-state index contributed by atoms with van der Waals surface area (Å²) >= 11 is 0. The van der Waals surface area contributed by atoms with E-state index in [1.165, 1.54) is 6.92 Å². The zero-order valence-electron chi connectivity index (χ0n) is 12.3. The molecule has 1 fully saturated rings. The predicted octanol–water partition coefficient (Wildman–Crippen LogP) is 2.63. The first kappa shape index (κ1) is 15.8. The lowest BCUT2D eigenvalue weighted by Gasteiger charge is -2.32. The van der Waals surface area contributed by atoms with E-state index in [9.17, 15) is 9.59 Å². The molecule has 0 heterocycles. The van der Waals surface area contributed by atoms with Crippen LogP contribution in [0.1, 0.15) is 53.4 Å². The zero-order valence-corrected chi connectivity index (χ0v) is 12.3. The number of ether oxygens (including phenoxy) is 2. The zero-order chi connectivity index (χ0) is 14.5. The van der Waals surface area contributed by atoms with Crippen molar-refractivity contribution in [1.29, 1.82) is 0 Å². The third-order valence-electron chi connectivity index (χ3n) is 3.11. The minimum absolute atomic E-state index is 0.0305. The summed E-state index contributed by atoms with van der Waals surface area (Å²) in [5, 5.41) is 2.90. The molecule has 2 atom stereocenters. The Labute approximate surface area is 115 Å². The van der Waals surface area contributed by atoms with Crippen LogP contribution in [0, 0.1) is 5.92 Å². The normalized spacial score (nSPS) is 23.6. The number of carbonyl (C=O) groups is 2. The van der Waals surface area contributed by atoms with Crippen LogP contribution in [0.25, 0.3) is 0 Å². The molecular weight excluding hydrogens is 246 g/mol. The van der Waals surface area contributed by atoms with Gasteiger partial charge in [-0.1, -0.05) is 12.8 Å². The maximum absolute atomic E-state index is 11.8. The molecule has 1 aliphatic rings. The molecule has 5 nitrogen and oxygen atoms in total. The molecule has 5 heteroatoms. The van der Waals surface area contributed by atoms with Crippen molar-refractivity contribution >= 4 is 12.1 Å². The summed E-state index contributed by atoms with van der Waals surface area (Å²) in [5.74, 6) is -0.0910. The Morgan fingerprint density at radius 1 is 1.21 bits per heavy atom. The summed E-state index contributed by atoms with van der Waals surface area (Å²) in [7, 11) is 0. The topological polar surface area (TPSA) is 64.6 Å². The molecule has 0 spiro atoms. The molecule has 0 aromatic carbocycles. The summed E-state index contributed by atoms with van der Waals surface area (Å²) in [6.45, 7) is 7.28. The summed E-state index contributed by atoms with van der Waals surface area (Å²) in [6, 6.07) is 0.0305. The molecule has 0 saturated heterocycles. The summed E-state index contributed by atoms with van der Waals surface area (Å²) < 4.78 is 10.3. The van der Waals surface area contributed by atoms with Crippen LogP contribution in [0.3, 0.4) is 0 Å². The number of nitrogens with one attached hydrogen (secondary N) is 1. The van der Waals surface area contributed by atoms with Gasteiger partial charge in [0, 0.05) is 18.9 Å². The van der Waals surface area contributed by atoms with E-state index in [0.29, 0.717) is 6.61 Å². The van der Waals surface area contributed by atoms with E-state index in [1.807, 2.05) is 20.8 Å². The Morgan fingerprint density at radius 2 is 1.84 bits per heavy atom. The fraction of sp³-hybridized carbons (Fsp3) is 0.857. The first-order chi connectivity index (χ1) is 8.78. The molecule has 1 N–H and O–H groups in total. The number of alkyl carbamates (subject to hydrolysis) is 1. The van der Waals surface area contributed by atoms with Crippen LogP contribution in [0.5, 0.6) is 0 Å². The van der Waals surface area contributed by atoms with E-state index < -0.39 is 11.7 Å². The van der Waals surface area contributed by atoms with Gasteiger partial charge in [0.2, 0.25) is 0 Å². The Bertz CT molecular complexity index is 322. The van der Waals surface area contributed by atoms with Crippen molar-refractivity contribution in [3.05, 3.63) is 0 Å². The molecule has 1 amide bonds. The quantitative estimate of drug-likeness (QED) is 0.801. The van der Waals surface area contributed by atoms with Crippen molar-refractivity contribution in [2.75, 3.05) is 6.61 Å². The number of esters is 1. The summed E-state index contributed by atoms with van der Waals surface area (Å²) in [6.07, 6.45) is 3.67. The average molecular weight is 271 g/mol. The van der Waals surface area contributed by atoms with E-state index in [-0.39, 0.29) is 17.9 Å². The van der Waals surface area contributed by atoms with Crippen LogP contribution in [0.15, 0.2) is 0 Å². The van der Waals surface area contributed by atoms with Crippen LogP contribution in [0.2, 0.25) is 0 Å². The molecule has 0 unspecified atom stereocenters. The van der Waals surface area contributed by atoms with Gasteiger partial charge in [-0.3, -0.25) is 4.79 Å². The monoisotopic (exact) mass is 271 g/mol. The lowest BCUT2D eigenvalue weighted by molar-refractivity contribution is -0.142. The largest absolute Gasteiger partial charge is 0.465 e. The van der Waals surface area contributed by atoms with Gasteiger partial charge in [0.05, 0.1) is 6.61 Å². The average Bonchev–Trinajstić information content (AvgIpc) is 2.25. The molecule has 19 heavy (non-hydrogen) atoms. The standard InChI is InChI=1S/C14H25NO4/c1-10(16)18-9-11-7-5-6-8-12(11)15-13(17)19-14(2,3)4/h11-12H,5-9H2,1-4H3,(H,15,17)/t11-,12-/m0/s1. The third kappa shape index (κ3) is 6.45. The highest BCUT2D eigenvalue weighted by molar-refractivity contribution is 5.68. The number of hydrogen-bond acceptors (Lipinski definition) is 4. The first-order valence-electron chi connectivity index (χ1n) is 6.91. The van der Waals surface area contributed by atoms with Gasteiger partial charge < -0.3 is 14.8 Å². The molecule has 110 valence electrons. The predicted molar refractivity (Wildman–Crippen MR) is 71.7 cm³/mol. The fourth-order valence-electron chi connectivity index (χ4n) is 2.28. The van der Waals surface area contributed by atoms with Crippen molar-refractivity contribution in [3.63, 3.8) is 0 Å². The molecule has 0 aromatic rings. The molecule has 1 saturated carbocycles. The first-order valence-corrected chi connectivity index (χ1v) is 6.91. The van der Waals surface area contributed by atoms with Crippen LogP contribution < -0.4 is 5.32 Å². The highest BCUT2D eigenvalue weighted by Gasteiger charge is 2.29. The van der Waals surface area contributed by atoms with Gasteiger partial charge in [-0.15, -0.1) is 0 Å². The maximum Gasteiger partial charge on any atom is 0.407 e. The highest BCUT2D eigenvalue weighted by Crippen LogP contribution is 2.25. The van der Waals surface area contributed by atoms with Gasteiger partial charge in [0.15, 0.2) is 0 Å². The molecular formula is C14H25NO4. The van der Waals surface area contributed by atoms with Gasteiger partial charge in [-0.05, 0) is 33.6 Å². The van der Waals surface area contributed by atoms with Crippen molar-refractivity contribution < 1.29 is 19.1 Å². The Hall–Kier alpha value is -1.26. The van der Waals surface area contributed by atoms with Gasteiger partial charge in [-0.25, -0.2) is 4.79 Å². The lowest BCUT2D eigenvalue weighted by Crippen LogP contribution is -2.45. The second-order valence-electron chi connectivity index (χ2n) is 6.10. The minimum atomic E-state index is -0.496. The second kappa shape index (κ2) is 6.78. The van der Waals surface area contributed by atoms with E-state index in [2.05, 4.69) is 5.32 Å². The Morgan fingerprint density at radius 3 is 2.42 bits per heavy atom. The van der Waals surface area contributed by atoms with Crippen LogP contribution in [-0.4, -0.2) is 30.3 Å². The molecule has 0 aliphatic heterocycles. The van der Waals surface area contributed by atoms with Crippen molar-refractivity contribution in [2.24, 2.45) is 5.92 Å². The van der Waals surface area contributed by atoms with Crippen LogP contribution in [-0.2, 0) is 14.3 Å². The van der Waals surface area contributed by atoms with Gasteiger partial charge in [-0.2, -0.15) is 0 Å². The van der Waals surface area contributed by atoms with Crippen molar-refractivity contribution in [2.45, 2.75) is 65.0 Å². The fourth-order valence-corrected chi connectivity index (χ4v) is 2.28. The molecule has 0 radical (unpaired) electrons. The molecule has 0 aromatic heterocycles. The van der Waals surface area contributed by atoms with E-state index in [4.69, 9.17) is 9.47 Å². The molecule has 1 rings (SSSR count). The van der Waals surface area contributed by atoms with E-state index in [1.54, 1.807) is 0 Å². The van der Waals surface area contributed by atoms with Crippen molar-refractivity contribution in [1.82, 2.24) is 5.32 Å². The minimum Gasteiger partial charge on any atom is -0.465 e. The second-order valence-corrected chi connectivity index (χ2v) is 6.10. The van der Waals surface area contributed by atoms with E-state index >= 15 is 0 Å². The van der Waals surface area contributed by atoms with Crippen LogP contribution >= 0.6 is 0 Å². The van der Waals surface area contributed by atoms with Gasteiger partial charge in [0.1, 0.15) is 5.60 Å². The molecule has 0 bridgehead atoms. The number of hydrogen-bond donors (Lipinski definition) is 1. The third-order valence-corrected chi connectivity index (χ3v) is 3.11. The maximum atomic E-state index is 11.8. The van der Waals surface area contributed by atoms with Crippen molar-refractivity contribution in [3.8, 4) is 0 Å². The number of amides is 1. The summed E-state index contributed by atoms with van der Waals surface area (Å²) in [5.41, 5.74) is -0.496. The van der Waals surface area contributed by atoms with Crippen LogP contribution in [0.4, 0.5) is 4.79 Å². The summed E-state index contributed by atoms with van der Waals surface area (Å²) in [4.78, 5) is 22.6. The Balaban J connectivity index is 2.47. The number of rotatable bonds is 3. The lowest BCUT2D eigenvalue weighted by atomic mass is 9.85. The van der Waals surface area contributed by atoms with E-state index in [0.717, 1.165) is 25.7 Å². The van der Waals surface area contributed by atoms with Gasteiger partial charge >= 0.3 is 12.1 Å². The smallest absolute Gasteiger partial charge is 0.407 e. The SMILES string of the molecule is CC(=O)OC[C@@H]1CCCC[C@@H]1NC(=O)OC(C)(C)C. The molecule has 1 aliphatic carbocycles.